The molecule has 2 fully saturated rings. The van der Waals surface area contributed by atoms with E-state index in [-0.39, 0.29) is 11.5 Å². The summed E-state index contributed by atoms with van der Waals surface area (Å²) in [6, 6.07) is 6.00. The second kappa shape index (κ2) is 8.94. The highest BCUT2D eigenvalue weighted by atomic mass is 32.2. The van der Waals surface area contributed by atoms with Gasteiger partial charge in [-0.1, -0.05) is 17.7 Å². The van der Waals surface area contributed by atoms with E-state index < -0.39 is 51.6 Å². The summed E-state index contributed by atoms with van der Waals surface area (Å²) < 4.78 is 59.3. The van der Waals surface area contributed by atoms with E-state index in [1.165, 1.54) is 0 Å². The predicted octanol–water partition coefficient (Wildman–Crippen LogP) is 3.13. The van der Waals surface area contributed by atoms with E-state index in [1.54, 1.807) is 38.1 Å². The summed E-state index contributed by atoms with van der Waals surface area (Å²) in [5.74, 6) is -1.66. The average molecular weight is 472 g/mol. The van der Waals surface area contributed by atoms with Crippen molar-refractivity contribution in [2.75, 3.05) is 13.2 Å². The molecular formula is C23H37NO7S. The summed E-state index contributed by atoms with van der Waals surface area (Å²) in [6.07, 6.45) is -1.59. The van der Waals surface area contributed by atoms with Crippen molar-refractivity contribution < 1.29 is 32.1 Å². The highest BCUT2D eigenvalue weighted by molar-refractivity contribution is 7.89. The number of hydrogen-bond acceptors (Lipinski definition) is 7. The van der Waals surface area contributed by atoms with E-state index in [1.807, 2.05) is 41.5 Å². The average Bonchev–Trinajstić information content (AvgIpc) is 3.16. The van der Waals surface area contributed by atoms with Gasteiger partial charge >= 0.3 is 0 Å². The van der Waals surface area contributed by atoms with E-state index in [2.05, 4.69) is 4.72 Å². The zero-order valence-electron chi connectivity index (χ0n) is 20.3. The van der Waals surface area contributed by atoms with Crippen LogP contribution in [0.4, 0.5) is 0 Å². The molecule has 1 N–H and O–H groups in total. The fourth-order valence-corrected chi connectivity index (χ4v) is 5.04. The van der Waals surface area contributed by atoms with Crippen LogP contribution in [0.3, 0.4) is 0 Å². The van der Waals surface area contributed by atoms with Gasteiger partial charge in [-0.15, -0.1) is 0 Å². The standard InChI is InChI=1S/C23H37NO7S/c1-15-9-11-16(12-10-15)32(25,26)24-17(13-27-21(2,3)4)19-20(31-23(7,8)30-19)18-14-28-22(5,6)29-18/h9-12,17-20,24H,13-14H2,1-8H3/t17-,18-,19-,20-/m1/s1. The van der Waals surface area contributed by atoms with Crippen molar-refractivity contribution in [3.8, 4) is 0 Å². The van der Waals surface area contributed by atoms with Crippen molar-refractivity contribution in [2.24, 2.45) is 0 Å². The number of nitrogens with one attached hydrogen (secondary N) is 1. The normalized spacial score (nSPS) is 28.7. The van der Waals surface area contributed by atoms with Crippen LogP contribution >= 0.6 is 0 Å². The number of ether oxygens (including phenoxy) is 5. The molecule has 2 aliphatic heterocycles. The van der Waals surface area contributed by atoms with Crippen LogP contribution in [0, 0.1) is 6.92 Å². The minimum absolute atomic E-state index is 0.103. The van der Waals surface area contributed by atoms with Crippen molar-refractivity contribution in [3.05, 3.63) is 29.8 Å². The highest BCUT2D eigenvalue weighted by Gasteiger charge is 2.53. The largest absolute Gasteiger partial charge is 0.374 e. The molecule has 0 aromatic heterocycles. The molecule has 4 atom stereocenters. The first-order chi connectivity index (χ1) is 14.6. The molecule has 2 heterocycles. The van der Waals surface area contributed by atoms with Crippen LogP contribution in [0.2, 0.25) is 0 Å². The third-order valence-corrected chi connectivity index (χ3v) is 6.80. The molecule has 0 bridgehead atoms. The molecule has 32 heavy (non-hydrogen) atoms. The molecule has 182 valence electrons. The van der Waals surface area contributed by atoms with Gasteiger partial charge in [-0.25, -0.2) is 13.1 Å². The molecule has 8 nitrogen and oxygen atoms in total. The highest BCUT2D eigenvalue weighted by Crippen LogP contribution is 2.37. The van der Waals surface area contributed by atoms with Crippen molar-refractivity contribution in [1.82, 2.24) is 4.72 Å². The van der Waals surface area contributed by atoms with Crippen molar-refractivity contribution >= 4 is 10.0 Å². The summed E-state index contributed by atoms with van der Waals surface area (Å²) in [5, 5.41) is 0. The van der Waals surface area contributed by atoms with E-state index in [9.17, 15) is 8.42 Å². The van der Waals surface area contributed by atoms with Crippen LogP contribution in [-0.4, -0.2) is 63.2 Å². The lowest BCUT2D eigenvalue weighted by molar-refractivity contribution is -0.175. The predicted molar refractivity (Wildman–Crippen MR) is 120 cm³/mol. The summed E-state index contributed by atoms with van der Waals surface area (Å²) in [6.45, 7) is 15.4. The summed E-state index contributed by atoms with van der Waals surface area (Å²) >= 11 is 0. The number of aryl methyl sites for hydroxylation is 1. The molecular weight excluding hydrogens is 434 g/mol. The Morgan fingerprint density at radius 2 is 1.69 bits per heavy atom. The maximum Gasteiger partial charge on any atom is 0.240 e. The molecule has 9 heteroatoms. The molecule has 0 unspecified atom stereocenters. The first-order valence-electron chi connectivity index (χ1n) is 11.0. The first kappa shape index (κ1) is 25.6. The molecule has 2 aliphatic rings. The fourth-order valence-electron chi connectivity index (χ4n) is 3.81. The third kappa shape index (κ3) is 6.50. The minimum atomic E-state index is -3.83. The second-order valence-electron chi connectivity index (χ2n) is 10.4. The van der Waals surface area contributed by atoms with E-state index in [0.717, 1.165) is 5.56 Å². The molecule has 1 aromatic carbocycles. The van der Waals surface area contributed by atoms with Gasteiger partial charge in [0.2, 0.25) is 10.0 Å². The lowest BCUT2D eigenvalue weighted by Gasteiger charge is -2.31. The quantitative estimate of drug-likeness (QED) is 0.653. The molecule has 3 rings (SSSR count). The van der Waals surface area contributed by atoms with Crippen LogP contribution in [-0.2, 0) is 33.7 Å². The van der Waals surface area contributed by atoms with E-state index >= 15 is 0 Å². The Bertz CT molecular complexity index is 890. The van der Waals surface area contributed by atoms with Crippen LogP contribution in [0.5, 0.6) is 0 Å². The molecule has 0 saturated carbocycles. The number of sulfonamides is 1. The molecule has 0 spiro atoms. The number of hydrogen-bond donors (Lipinski definition) is 1. The number of rotatable bonds is 7. The molecule has 0 radical (unpaired) electrons. The minimum Gasteiger partial charge on any atom is -0.374 e. The van der Waals surface area contributed by atoms with Gasteiger partial charge in [0, 0.05) is 0 Å². The van der Waals surface area contributed by atoms with Crippen molar-refractivity contribution in [3.63, 3.8) is 0 Å². The van der Waals surface area contributed by atoms with Gasteiger partial charge in [-0.3, -0.25) is 0 Å². The van der Waals surface area contributed by atoms with Gasteiger partial charge in [-0.05, 0) is 67.5 Å². The van der Waals surface area contributed by atoms with Crippen LogP contribution in [0.25, 0.3) is 0 Å². The van der Waals surface area contributed by atoms with Gasteiger partial charge in [0.25, 0.3) is 0 Å². The Hall–Kier alpha value is -1.07. The summed E-state index contributed by atoms with van der Waals surface area (Å²) in [4.78, 5) is 0.181. The van der Waals surface area contributed by atoms with Gasteiger partial charge in [0.15, 0.2) is 11.6 Å². The Labute approximate surface area is 192 Å². The Morgan fingerprint density at radius 1 is 1.06 bits per heavy atom. The first-order valence-corrected chi connectivity index (χ1v) is 12.5. The van der Waals surface area contributed by atoms with Gasteiger partial charge in [-0.2, -0.15) is 0 Å². The Morgan fingerprint density at radius 3 is 2.22 bits per heavy atom. The SMILES string of the molecule is Cc1ccc(S(=O)(=O)N[C@H](COC(C)(C)C)[C@H]2OC(C)(C)O[C@@H]2[C@H]2COC(C)(C)O2)cc1. The topological polar surface area (TPSA) is 92.3 Å². The van der Waals surface area contributed by atoms with E-state index in [4.69, 9.17) is 23.7 Å². The van der Waals surface area contributed by atoms with Gasteiger partial charge in [0.1, 0.15) is 18.3 Å². The Kier molecular flexibility index (Phi) is 7.14. The third-order valence-electron chi connectivity index (χ3n) is 5.29. The van der Waals surface area contributed by atoms with E-state index in [0.29, 0.717) is 6.61 Å². The molecule has 0 amide bonds. The Balaban J connectivity index is 1.89. The monoisotopic (exact) mass is 471 g/mol. The fraction of sp³-hybridized carbons (Fsp3) is 0.739. The van der Waals surface area contributed by atoms with Crippen LogP contribution < -0.4 is 4.72 Å². The van der Waals surface area contributed by atoms with Crippen molar-refractivity contribution in [1.29, 1.82) is 0 Å². The van der Waals surface area contributed by atoms with Crippen LogP contribution in [0.15, 0.2) is 29.2 Å². The zero-order chi connectivity index (χ0) is 23.9. The summed E-state index contributed by atoms with van der Waals surface area (Å²) in [7, 11) is -3.83. The zero-order valence-corrected chi connectivity index (χ0v) is 21.1. The van der Waals surface area contributed by atoms with Crippen LogP contribution in [0.1, 0.15) is 54.0 Å². The second-order valence-corrected chi connectivity index (χ2v) is 12.1. The maximum atomic E-state index is 13.2. The maximum absolute atomic E-state index is 13.2. The van der Waals surface area contributed by atoms with Crippen molar-refractivity contribution in [2.45, 2.75) is 102 Å². The lowest BCUT2D eigenvalue weighted by atomic mass is 10.0. The molecule has 0 aliphatic carbocycles. The smallest absolute Gasteiger partial charge is 0.240 e. The number of benzene rings is 1. The molecule has 1 aromatic rings. The summed E-state index contributed by atoms with van der Waals surface area (Å²) in [5.41, 5.74) is 0.513. The molecule has 2 saturated heterocycles. The van der Waals surface area contributed by atoms with Gasteiger partial charge in [0.05, 0.1) is 29.8 Å². The van der Waals surface area contributed by atoms with Gasteiger partial charge < -0.3 is 23.7 Å². The lowest BCUT2D eigenvalue weighted by Crippen LogP contribution is -2.54.